The molecule has 3 rings (SSSR count). The molecule has 0 spiro atoms. The van der Waals surface area contributed by atoms with Crippen LogP contribution in [0.2, 0.25) is 20.1 Å². The lowest BCUT2D eigenvalue weighted by molar-refractivity contribution is -0.136. The number of hydrogen-bond donors (Lipinski definition) is 2. The first-order valence-corrected chi connectivity index (χ1v) is 11.1. The molecule has 0 atom stereocenters. The molecule has 3 aromatic carbocycles. The zero-order valence-corrected chi connectivity index (χ0v) is 20.8. The van der Waals surface area contributed by atoms with Crippen molar-refractivity contribution in [2.75, 3.05) is 12.4 Å². The van der Waals surface area contributed by atoms with Gasteiger partial charge in [0, 0.05) is 10.7 Å². The predicted molar refractivity (Wildman–Crippen MR) is 135 cm³/mol. The largest absolute Gasteiger partial charge is 0.493 e. The van der Waals surface area contributed by atoms with Gasteiger partial charge in [-0.2, -0.15) is 5.10 Å². The fourth-order valence-electron chi connectivity index (χ4n) is 2.64. The Labute approximate surface area is 219 Å². The van der Waals surface area contributed by atoms with Crippen molar-refractivity contribution in [2.24, 2.45) is 5.10 Å². The molecule has 0 bridgehead atoms. The number of nitrogens with zero attached hydrogens (tertiary/aromatic N) is 1. The van der Waals surface area contributed by atoms with Gasteiger partial charge in [-0.1, -0.05) is 46.4 Å². The summed E-state index contributed by atoms with van der Waals surface area (Å²) in [5.74, 6) is -2.32. The lowest BCUT2D eigenvalue weighted by atomic mass is 10.2. The van der Waals surface area contributed by atoms with Crippen LogP contribution in [0.1, 0.15) is 15.9 Å². The van der Waals surface area contributed by atoms with E-state index < -0.39 is 17.8 Å². The van der Waals surface area contributed by atoms with Crippen LogP contribution < -0.4 is 20.2 Å². The molecule has 0 saturated heterocycles. The molecule has 35 heavy (non-hydrogen) atoms. The molecule has 0 aromatic heterocycles. The van der Waals surface area contributed by atoms with Gasteiger partial charge in [-0.25, -0.2) is 10.2 Å². The molecule has 3 aromatic rings. The van der Waals surface area contributed by atoms with Crippen molar-refractivity contribution in [3.63, 3.8) is 0 Å². The van der Waals surface area contributed by atoms with Crippen molar-refractivity contribution >= 4 is 76.1 Å². The standard InChI is InChI=1S/C23H15Cl4N3O5/c1-34-20-8-12(2-7-19(20)35-23(33)15-5-3-13(24)9-17(15)26)11-28-30-22(32)21(31)29-14-4-6-16(25)18(27)10-14/h2-11H,1H3,(H,29,31)(H,30,32). The summed E-state index contributed by atoms with van der Waals surface area (Å²) < 4.78 is 10.6. The van der Waals surface area contributed by atoms with Gasteiger partial charge in [-0.3, -0.25) is 9.59 Å². The van der Waals surface area contributed by atoms with E-state index in [9.17, 15) is 14.4 Å². The highest BCUT2D eigenvalue weighted by Gasteiger charge is 2.17. The van der Waals surface area contributed by atoms with Gasteiger partial charge in [-0.05, 0) is 60.2 Å². The number of nitrogens with one attached hydrogen (secondary N) is 2. The topological polar surface area (TPSA) is 106 Å². The van der Waals surface area contributed by atoms with Gasteiger partial charge >= 0.3 is 17.8 Å². The Balaban J connectivity index is 1.62. The van der Waals surface area contributed by atoms with Crippen LogP contribution in [0.4, 0.5) is 5.69 Å². The molecular formula is C23H15Cl4N3O5. The van der Waals surface area contributed by atoms with E-state index in [1.54, 1.807) is 6.07 Å². The van der Waals surface area contributed by atoms with Gasteiger partial charge in [0.1, 0.15) is 0 Å². The number of anilines is 1. The number of methoxy groups -OCH3 is 1. The molecule has 12 heteroatoms. The number of rotatable bonds is 6. The highest BCUT2D eigenvalue weighted by molar-refractivity contribution is 6.43. The second-order valence-electron chi connectivity index (χ2n) is 6.71. The average molecular weight is 555 g/mol. The summed E-state index contributed by atoms with van der Waals surface area (Å²) in [7, 11) is 1.39. The molecule has 2 N–H and O–H groups in total. The second-order valence-corrected chi connectivity index (χ2v) is 8.36. The number of hydrogen-bond acceptors (Lipinski definition) is 6. The molecule has 2 amide bonds. The van der Waals surface area contributed by atoms with E-state index in [-0.39, 0.29) is 27.1 Å². The quantitative estimate of drug-likeness (QED) is 0.135. The van der Waals surface area contributed by atoms with E-state index in [0.717, 1.165) is 0 Å². The minimum atomic E-state index is -1.01. The zero-order chi connectivity index (χ0) is 25.5. The Morgan fingerprint density at radius 1 is 0.829 bits per heavy atom. The molecule has 0 aliphatic carbocycles. The minimum absolute atomic E-state index is 0.130. The fraction of sp³-hybridized carbons (Fsp3) is 0.0435. The number of benzene rings is 3. The maximum absolute atomic E-state index is 12.4. The van der Waals surface area contributed by atoms with E-state index in [0.29, 0.717) is 21.3 Å². The van der Waals surface area contributed by atoms with E-state index in [2.05, 4.69) is 15.8 Å². The summed E-state index contributed by atoms with van der Waals surface area (Å²) >= 11 is 23.6. The Hall–Kier alpha value is -3.30. The highest BCUT2D eigenvalue weighted by atomic mass is 35.5. The van der Waals surface area contributed by atoms with Crippen LogP contribution >= 0.6 is 46.4 Å². The number of halogens is 4. The normalized spacial score (nSPS) is 10.7. The van der Waals surface area contributed by atoms with Crippen molar-refractivity contribution in [3.8, 4) is 11.5 Å². The smallest absolute Gasteiger partial charge is 0.345 e. The summed E-state index contributed by atoms with van der Waals surface area (Å²) in [5, 5.41) is 7.17. The fourth-order valence-corrected chi connectivity index (χ4v) is 3.42. The molecule has 0 aliphatic rings. The van der Waals surface area contributed by atoms with Crippen LogP contribution in [-0.2, 0) is 9.59 Å². The van der Waals surface area contributed by atoms with Crippen molar-refractivity contribution < 1.29 is 23.9 Å². The van der Waals surface area contributed by atoms with Crippen molar-refractivity contribution in [3.05, 3.63) is 85.8 Å². The summed E-state index contributed by atoms with van der Waals surface area (Å²) in [6, 6.07) is 13.3. The zero-order valence-electron chi connectivity index (χ0n) is 17.8. The second kappa shape index (κ2) is 11.9. The molecule has 0 unspecified atom stereocenters. The van der Waals surface area contributed by atoms with E-state index >= 15 is 0 Å². The van der Waals surface area contributed by atoms with Crippen molar-refractivity contribution in [1.29, 1.82) is 0 Å². The highest BCUT2D eigenvalue weighted by Crippen LogP contribution is 2.30. The number of ether oxygens (including phenoxy) is 2. The summed E-state index contributed by atoms with van der Waals surface area (Å²) in [4.78, 5) is 36.4. The number of carbonyl (C=O) groups is 3. The first kappa shape index (κ1) is 26.3. The number of hydrazone groups is 1. The molecule has 180 valence electrons. The average Bonchev–Trinajstić information content (AvgIpc) is 2.82. The van der Waals surface area contributed by atoms with Crippen molar-refractivity contribution in [1.82, 2.24) is 5.43 Å². The lowest BCUT2D eigenvalue weighted by Crippen LogP contribution is -2.32. The van der Waals surface area contributed by atoms with Crippen LogP contribution in [0, 0.1) is 0 Å². The number of esters is 1. The lowest BCUT2D eigenvalue weighted by Gasteiger charge is -2.10. The van der Waals surface area contributed by atoms with Gasteiger partial charge in [0.15, 0.2) is 11.5 Å². The van der Waals surface area contributed by atoms with Crippen LogP contribution in [0.15, 0.2) is 59.7 Å². The first-order chi connectivity index (χ1) is 16.7. The molecule has 0 fully saturated rings. The van der Waals surface area contributed by atoms with Crippen LogP contribution in [-0.4, -0.2) is 31.1 Å². The molecular weight excluding hydrogens is 540 g/mol. The number of carbonyl (C=O) groups excluding carboxylic acids is 3. The van der Waals surface area contributed by atoms with Gasteiger partial charge in [0.05, 0.1) is 34.0 Å². The Morgan fingerprint density at radius 2 is 1.60 bits per heavy atom. The Morgan fingerprint density at radius 3 is 2.29 bits per heavy atom. The van der Waals surface area contributed by atoms with Crippen LogP contribution in [0.5, 0.6) is 11.5 Å². The maximum Gasteiger partial charge on any atom is 0.345 e. The van der Waals surface area contributed by atoms with E-state index in [4.69, 9.17) is 55.9 Å². The third kappa shape index (κ3) is 7.10. The van der Waals surface area contributed by atoms with Gasteiger partial charge in [0.25, 0.3) is 0 Å². The molecule has 0 heterocycles. The van der Waals surface area contributed by atoms with Gasteiger partial charge in [-0.15, -0.1) is 0 Å². The van der Waals surface area contributed by atoms with Crippen LogP contribution in [0.25, 0.3) is 0 Å². The monoisotopic (exact) mass is 553 g/mol. The van der Waals surface area contributed by atoms with E-state index in [1.807, 2.05) is 0 Å². The minimum Gasteiger partial charge on any atom is -0.493 e. The SMILES string of the molecule is COc1cc(C=NNC(=O)C(=O)Nc2ccc(Cl)c(Cl)c2)ccc1OC(=O)c1ccc(Cl)cc1Cl. The summed E-state index contributed by atoms with van der Waals surface area (Å²) in [5.41, 5.74) is 3.00. The van der Waals surface area contributed by atoms with Gasteiger partial charge in [0.2, 0.25) is 0 Å². The van der Waals surface area contributed by atoms with E-state index in [1.165, 1.54) is 61.9 Å². The van der Waals surface area contributed by atoms with Gasteiger partial charge < -0.3 is 14.8 Å². The van der Waals surface area contributed by atoms with Crippen LogP contribution in [0.3, 0.4) is 0 Å². The third-order valence-electron chi connectivity index (χ3n) is 4.30. The van der Waals surface area contributed by atoms with Crippen molar-refractivity contribution in [2.45, 2.75) is 0 Å². The molecule has 0 radical (unpaired) electrons. The Kier molecular flexibility index (Phi) is 8.95. The third-order valence-corrected chi connectivity index (χ3v) is 5.59. The summed E-state index contributed by atoms with van der Waals surface area (Å²) in [6.45, 7) is 0. The maximum atomic E-state index is 12.4. The Bertz CT molecular complexity index is 1330. The molecule has 0 aliphatic heterocycles. The predicted octanol–water partition coefficient (Wildman–Crippen LogP) is 5.62. The number of amides is 2. The molecule has 0 saturated carbocycles. The first-order valence-electron chi connectivity index (χ1n) is 9.62. The summed E-state index contributed by atoms with van der Waals surface area (Å²) in [6.07, 6.45) is 1.27. The molecule has 8 nitrogen and oxygen atoms in total.